The molecule has 11 heteroatoms. The summed E-state index contributed by atoms with van der Waals surface area (Å²) < 4.78 is 43.8. The number of sulfonamides is 1. The van der Waals surface area contributed by atoms with E-state index in [0.29, 0.717) is 22.7 Å². The van der Waals surface area contributed by atoms with Gasteiger partial charge in [0.1, 0.15) is 22.1 Å². The van der Waals surface area contributed by atoms with Gasteiger partial charge in [-0.1, -0.05) is 0 Å². The van der Waals surface area contributed by atoms with Crippen LogP contribution in [0.5, 0.6) is 17.2 Å². The van der Waals surface area contributed by atoms with E-state index in [0.717, 1.165) is 0 Å². The van der Waals surface area contributed by atoms with E-state index in [1.807, 2.05) is 0 Å². The van der Waals surface area contributed by atoms with Crippen molar-refractivity contribution in [1.29, 1.82) is 0 Å². The summed E-state index contributed by atoms with van der Waals surface area (Å²) in [4.78, 5) is 24.4. The highest BCUT2D eigenvalue weighted by atomic mass is 32.2. The van der Waals surface area contributed by atoms with Gasteiger partial charge in [0.15, 0.2) is 0 Å². The van der Waals surface area contributed by atoms with E-state index < -0.39 is 21.8 Å². The topological polar surface area (TPSA) is 132 Å². The molecule has 3 aromatic carbocycles. The van der Waals surface area contributed by atoms with E-state index >= 15 is 0 Å². The molecule has 0 aliphatic rings. The van der Waals surface area contributed by atoms with Gasteiger partial charge in [0.25, 0.3) is 15.9 Å². The van der Waals surface area contributed by atoms with Crippen molar-refractivity contribution in [2.75, 3.05) is 37.9 Å². The first-order chi connectivity index (χ1) is 16.7. The lowest BCUT2D eigenvalue weighted by molar-refractivity contribution is -0.115. The molecule has 0 unspecified atom stereocenters. The number of hydrogen-bond acceptors (Lipinski definition) is 7. The van der Waals surface area contributed by atoms with E-state index in [1.54, 1.807) is 48.5 Å². The Balaban J connectivity index is 1.68. The van der Waals surface area contributed by atoms with Crippen LogP contribution in [0.2, 0.25) is 0 Å². The fraction of sp³-hybridized carbons (Fsp3) is 0.167. The van der Waals surface area contributed by atoms with E-state index in [1.165, 1.54) is 39.5 Å². The Hall–Kier alpha value is -4.25. The van der Waals surface area contributed by atoms with Crippen molar-refractivity contribution in [2.45, 2.75) is 4.90 Å². The number of ether oxygens (including phenoxy) is 3. The number of anilines is 2. The highest BCUT2D eigenvalue weighted by Gasteiger charge is 2.21. The van der Waals surface area contributed by atoms with Gasteiger partial charge in [-0.25, -0.2) is 8.42 Å². The number of nitrogens with one attached hydrogen (secondary N) is 3. The van der Waals surface area contributed by atoms with E-state index in [-0.39, 0.29) is 22.9 Å². The van der Waals surface area contributed by atoms with Gasteiger partial charge in [0.2, 0.25) is 5.91 Å². The zero-order chi connectivity index (χ0) is 25.4. The Bertz CT molecular complexity index is 1290. The molecule has 0 saturated carbocycles. The Morgan fingerprint density at radius 1 is 0.771 bits per heavy atom. The summed E-state index contributed by atoms with van der Waals surface area (Å²) in [6.07, 6.45) is 0. The molecule has 3 rings (SSSR count). The first kappa shape index (κ1) is 25.4. The minimum absolute atomic E-state index is 0.0943. The minimum atomic E-state index is -4.05. The second kappa shape index (κ2) is 11.3. The third kappa shape index (κ3) is 6.64. The maximum Gasteiger partial charge on any atom is 0.265 e. The highest BCUT2D eigenvalue weighted by Crippen LogP contribution is 2.29. The van der Waals surface area contributed by atoms with Crippen LogP contribution in [0.1, 0.15) is 10.4 Å². The highest BCUT2D eigenvalue weighted by molar-refractivity contribution is 7.92. The summed E-state index contributed by atoms with van der Waals surface area (Å²) in [6, 6.07) is 16.9. The van der Waals surface area contributed by atoms with Crippen LogP contribution in [0.3, 0.4) is 0 Å². The van der Waals surface area contributed by atoms with Crippen LogP contribution >= 0.6 is 0 Å². The molecule has 0 radical (unpaired) electrons. The van der Waals surface area contributed by atoms with Gasteiger partial charge in [-0.15, -0.1) is 0 Å². The molecule has 0 heterocycles. The van der Waals surface area contributed by atoms with Crippen molar-refractivity contribution in [1.82, 2.24) is 5.32 Å². The predicted octanol–water partition coefficient (Wildman–Crippen LogP) is 2.88. The number of amides is 2. The fourth-order valence-electron chi connectivity index (χ4n) is 3.04. The lowest BCUT2D eigenvalue weighted by Crippen LogP contribution is -2.32. The molecule has 35 heavy (non-hydrogen) atoms. The Morgan fingerprint density at radius 3 is 1.91 bits per heavy atom. The Labute approximate surface area is 203 Å². The number of methoxy groups -OCH3 is 3. The smallest absolute Gasteiger partial charge is 0.265 e. The zero-order valence-corrected chi connectivity index (χ0v) is 20.1. The summed E-state index contributed by atoms with van der Waals surface area (Å²) in [6.45, 7) is -0.316. The van der Waals surface area contributed by atoms with E-state index in [4.69, 9.17) is 14.2 Å². The molecule has 0 saturated heterocycles. The maximum absolute atomic E-state index is 13.0. The molecule has 0 aliphatic carbocycles. The molecular weight excluding hydrogens is 474 g/mol. The number of hydrogen-bond donors (Lipinski definition) is 3. The first-order valence-electron chi connectivity index (χ1n) is 10.3. The van der Waals surface area contributed by atoms with Gasteiger partial charge in [0, 0.05) is 16.9 Å². The molecule has 3 aromatic rings. The molecule has 10 nitrogen and oxygen atoms in total. The van der Waals surface area contributed by atoms with Crippen LogP contribution in [-0.2, 0) is 14.8 Å². The predicted molar refractivity (Wildman–Crippen MR) is 131 cm³/mol. The van der Waals surface area contributed by atoms with Crippen LogP contribution in [-0.4, -0.2) is 48.1 Å². The van der Waals surface area contributed by atoms with Gasteiger partial charge in [0.05, 0.1) is 27.9 Å². The first-order valence-corrected chi connectivity index (χ1v) is 11.8. The van der Waals surface area contributed by atoms with Crippen LogP contribution in [0.25, 0.3) is 0 Å². The molecule has 0 bridgehead atoms. The molecule has 184 valence electrons. The maximum atomic E-state index is 13.0. The molecule has 0 spiro atoms. The van der Waals surface area contributed by atoms with Crippen LogP contribution < -0.4 is 29.6 Å². The second-order valence-corrected chi connectivity index (χ2v) is 8.81. The van der Waals surface area contributed by atoms with Gasteiger partial charge in [-0.2, -0.15) is 0 Å². The average Bonchev–Trinajstić information content (AvgIpc) is 2.87. The fourth-order valence-corrected chi connectivity index (χ4v) is 4.30. The number of carbonyl (C=O) groups is 2. The molecular formula is C24H25N3O7S. The summed E-state index contributed by atoms with van der Waals surface area (Å²) in [5.41, 5.74) is 0.897. The third-order valence-electron chi connectivity index (χ3n) is 4.84. The monoisotopic (exact) mass is 499 g/mol. The largest absolute Gasteiger partial charge is 0.497 e. The standard InChI is InChI=1S/C24H25N3O7S/c1-32-19-9-4-16(5-10-19)24(29)25-15-23(28)26-18-8-13-21(34-3)22(14-18)35(30,31)27-17-6-11-20(33-2)12-7-17/h4-14,27H,15H2,1-3H3,(H,25,29)(H,26,28). The molecule has 0 atom stereocenters. The van der Waals surface area contributed by atoms with Crippen LogP contribution in [0.4, 0.5) is 11.4 Å². The summed E-state index contributed by atoms with van der Waals surface area (Å²) in [5, 5.41) is 5.08. The van der Waals surface area contributed by atoms with Crippen molar-refractivity contribution in [2.24, 2.45) is 0 Å². The quantitative estimate of drug-likeness (QED) is 0.391. The van der Waals surface area contributed by atoms with Crippen molar-refractivity contribution < 1.29 is 32.2 Å². The number of rotatable bonds is 10. The minimum Gasteiger partial charge on any atom is -0.497 e. The van der Waals surface area contributed by atoms with E-state index in [9.17, 15) is 18.0 Å². The third-order valence-corrected chi connectivity index (χ3v) is 6.24. The number of carbonyl (C=O) groups excluding carboxylic acids is 2. The Morgan fingerprint density at radius 2 is 1.34 bits per heavy atom. The molecule has 0 fully saturated rings. The van der Waals surface area contributed by atoms with Crippen molar-refractivity contribution >= 4 is 33.2 Å². The van der Waals surface area contributed by atoms with Crippen molar-refractivity contribution in [3.8, 4) is 17.2 Å². The summed E-state index contributed by atoms with van der Waals surface area (Å²) in [7, 11) is 0.320. The van der Waals surface area contributed by atoms with Crippen molar-refractivity contribution in [3.05, 3.63) is 72.3 Å². The van der Waals surface area contributed by atoms with E-state index in [2.05, 4.69) is 15.4 Å². The normalized spacial score (nSPS) is 10.7. The van der Waals surface area contributed by atoms with Crippen molar-refractivity contribution in [3.63, 3.8) is 0 Å². The lowest BCUT2D eigenvalue weighted by Gasteiger charge is -2.14. The number of benzene rings is 3. The van der Waals surface area contributed by atoms with Gasteiger partial charge in [-0.05, 0) is 66.7 Å². The van der Waals surface area contributed by atoms with Gasteiger partial charge < -0.3 is 24.8 Å². The van der Waals surface area contributed by atoms with Gasteiger partial charge >= 0.3 is 0 Å². The zero-order valence-electron chi connectivity index (χ0n) is 19.3. The molecule has 2 amide bonds. The molecule has 3 N–H and O–H groups in total. The Kier molecular flexibility index (Phi) is 8.16. The molecule has 0 aliphatic heterocycles. The second-order valence-electron chi connectivity index (χ2n) is 7.16. The lowest BCUT2D eigenvalue weighted by atomic mass is 10.2. The summed E-state index contributed by atoms with van der Waals surface area (Å²) >= 11 is 0. The summed E-state index contributed by atoms with van der Waals surface area (Å²) in [5.74, 6) is 0.296. The van der Waals surface area contributed by atoms with Crippen LogP contribution in [0, 0.1) is 0 Å². The average molecular weight is 500 g/mol. The SMILES string of the molecule is COc1ccc(NS(=O)(=O)c2cc(NC(=O)CNC(=O)c3ccc(OC)cc3)ccc2OC)cc1. The molecule has 0 aromatic heterocycles. The van der Waals surface area contributed by atoms with Gasteiger partial charge in [-0.3, -0.25) is 14.3 Å². The van der Waals surface area contributed by atoms with Crippen LogP contribution in [0.15, 0.2) is 71.6 Å².